The van der Waals surface area contributed by atoms with E-state index in [1.54, 1.807) is 32.7 Å². The molecule has 0 radical (unpaired) electrons. The van der Waals surface area contributed by atoms with Crippen LogP contribution >= 0.6 is 0 Å². The largest absolute Gasteiger partial charge is 1.00 e. The summed E-state index contributed by atoms with van der Waals surface area (Å²) in [5, 5.41) is 3.23. The topological polar surface area (TPSA) is 0 Å². The van der Waals surface area contributed by atoms with Crippen LogP contribution in [0, 0.1) is 0 Å². The van der Waals surface area contributed by atoms with Gasteiger partial charge in [0.1, 0.15) is 0 Å². The molecular formula is C66H68Cl2Hf2Si2-2. The Hall–Kier alpha value is -4.01. The van der Waals surface area contributed by atoms with E-state index in [0.29, 0.717) is 0 Å². The molecule has 0 nitrogen and oxygen atoms in total. The van der Waals surface area contributed by atoms with Crippen LogP contribution in [0.5, 0.6) is 0 Å². The van der Waals surface area contributed by atoms with Crippen molar-refractivity contribution in [1.82, 2.24) is 0 Å². The average molecular weight is 1350 g/mol. The molecule has 6 aromatic carbocycles. The first-order chi connectivity index (χ1) is 34.4. The van der Waals surface area contributed by atoms with Crippen molar-refractivity contribution in [2.75, 3.05) is 0 Å². The van der Waals surface area contributed by atoms with Gasteiger partial charge in [0.2, 0.25) is 0 Å². The van der Waals surface area contributed by atoms with Gasteiger partial charge in [-0.1, -0.05) is 0 Å². The Morgan fingerprint density at radius 2 is 0.583 bits per heavy atom. The van der Waals surface area contributed by atoms with Crippen molar-refractivity contribution in [3.63, 3.8) is 0 Å². The van der Waals surface area contributed by atoms with Gasteiger partial charge >= 0.3 is 440 Å². The Labute approximate surface area is 460 Å². The Balaban J connectivity index is 0.000000206. The number of hydrogen-bond acceptors (Lipinski definition) is 0. The van der Waals surface area contributed by atoms with E-state index in [1.807, 2.05) is 13.3 Å². The predicted octanol–water partition coefficient (Wildman–Crippen LogP) is 10.0. The molecule has 4 aliphatic carbocycles. The van der Waals surface area contributed by atoms with E-state index >= 15 is 0 Å². The minimum Gasteiger partial charge on any atom is -1.00 e. The van der Waals surface area contributed by atoms with Crippen molar-refractivity contribution in [2.24, 2.45) is 0 Å². The molecular weight excluding hydrogens is 1280 g/mol. The van der Waals surface area contributed by atoms with Crippen LogP contribution in [-0.2, 0) is 65.8 Å². The smallest absolute Gasteiger partial charge is 1.00 e. The van der Waals surface area contributed by atoms with E-state index in [4.69, 9.17) is 0 Å². The van der Waals surface area contributed by atoms with Gasteiger partial charge in [0.25, 0.3) is 0 Å². The van der Waals surface area contributed by atoms with Crippen molar-refractivity contribution in [3.8, 4) is 0 Å². The summed E-state index contributed by atoms with van der Waals surface area (Å²) in [5.74, 6) is 0. The molecule has 0 atom stereocenters. The Bertz CT molecular complexity index is 2860. The first kappa shape index (κ1) is 55.7. The number of halogens is 2. The fraction of sp³-hybridized carbons (Fsp3) is 0.212. The average Bonchev–Trinajstić information content (AvgIpc) is 4.29. The molecule has 0 aliphatic heterocycles. The quantitative estimate of drug-likeness (QED) is 0.0954. The maximum absolute atomic E-state index is 2.62. The van der Waals surface area contributed by atoms with Crippen LogP contribution in [-0.4, -0.2) is 11.0 Å². The summed E-state index contributed by atoms with van der Waals surface area (Å²) in [7, 11) is 0. The van der Waals surface area contributed by atoms with Crippen LogP contribution in [0.25, 0.3) is 22.3 Å². The van der Waals surface area contributed by atoms with Crippen molar-refractivity contribution in [1.29, 1.82) is 0 Å². The number of allylic oxidation sites excluding steroid dienone is 16. The predicted molar refractivity (Wildman–Crippen MR) is 301 cm³/mol. The zero-order chi connectivity index (χ0) is 48.4. The SMILES string of the molecule is CCc1cccc(C2=[C]([Hf]([C]3=C(c4cccc(CC)c4)C=CC3)=[Si](C)c3ccccc3)CC=C2)c1.CCc1cccc(C2=[C]([Hf]([C]3=C(c4cccc(CC)c4)C=CC3)=[Si](C)c3ccccc3)CC=C2)c1.[Cl-].[Cl-]. The third-order valence-electron chi connectivity index (χ3n) is 14.7. The second-order valence-corrected chi connectivity index (χ2v) is 61.0. The minimum atomic E-state index is -2.44. The van der Waals surface area contributed by atoms with Crippen molar-refractivity contribution >= 4 is 43.7 Å². The normalized spacial score (nSPS) is 14.4. The molecule has 6 heteroatoms. The fourth-order valence-corrected chi connectivity index (χ4v) is 66.1. The molecule has 6 aromatic rings. The second-order valence-electron chi connectivity index (χ2n) is 18.9. The van der Waals surface area contributed by atoms with Gasteiger partial charge in [-0.25, -0.2) is 0 Å². The van der Waals surface area contributed by atoms with Crippen LogP contribution in [0.3, 0.4) is 0 Å². The van der Waals surface area contributed by atoms with Gasteiger partial charge in [0.05, 0.1) is 0 Å². The molecule has 0 saturated heterocycles. The molecule has 0 heterocycles. The summed E-state index contributed by atoms with van der Waals surface area (Å²) in [6.45, 7) is 14.3. The summed E-state index contributed by atoms with van der Waals surface area (Å²) in [6, 6.07) is 60.1. The molecule has 72 heavy (non-hydrogen) atoms. The molecule has 0 spiro atoms. The van der Waals surface area contributed by atoms with Gasteiger partial charge in [0.15, 0.2) is 0 Å². The fourth-order valence-electron chi connectivity index (χ4n) is 10.8. The third-order valence-corrected chi connectivity index (χ3v) is 66.3. The zero-order valence-electron chi connectivity index (χ0n) is 43.0. The zero-order valence-corrected chi connectivity index (χ0v) is 53.7. The van der Waals surface area contributed by atoms with Crippen LogP contribution in [0.4, 0.5) is 0 Å². The molecule has 0 N–H and O–H groups in total. The first-order valence-corrected chi connectivity index (χ1v) is 47.8. The van der Waals surface area contributed by atoms with E-state index in [2.05, 4.69) is 247 Å². The van der Waals surface area contributed by atoms with Gasteiger partial charge in [-0.2, -0.15) is 0 Å². The molecule has 364 valence electrons. The summed E-state index contributed by atoms with van der Waals surface area (Å²) in [6.07, 6.45) is 28.5. The first-order valence-electron chi connectivity index (χ1n) is 25.9. The molecule has 10 rings (SSSR count). The van der Waals surface area contributed by atoms with E-state index in [0.717, 1.165) is 51.4 Å². The molecule has 0 bridgehead atoms. The van der Waals surface area contributed by atoms with Gasteiger partial charge in [-0.3, -0.25) is 0 Å². The Kier molecular flexibility index (Phi) is 20.9. The van der Waals surface area contributed by atoms with Crippen molar-refractivity contribution < 1.29 is 64.9 Å². The van der Waals surface area contributed by atoms with Crippen LogP contribution in [0.2, 0.25) is 13.1 Å². The molecule has 0 aromatic heterocycles. The van der Waals surface area contributed by atoms with Gasteiger partial charge in [-0.05, 0) is 0 Å². The van der Waals surface area contributed by atoms with Crippen LogP contribution in [0.15, 0.2) is 220 Å². The second kappa shape index (κ2) is 27.0. The number of rotatable bonds is 14. The van der Waals surface area contributed by atoms with Gasteiger partial charge in [0, 0.05) is 0 Å². The van der Waals surface area contributed by atoms with Gasteiger partial charge < -0.3 is 24.8 Å². The Morgan fingerprint density at radius 1 is 0.333 bits per heavy atom. The number of hydrogen-bond donors (Lipinski definition) is 0. The van der Waals surface area contributed by atoms with Crippen molar-refractivity contribution in [3.05, 3.63) is 264 Å². The Morgan fingerprint density at radius 3 is 0.819 bits per heavy atom. The molecule has 0 unspecified atom stereocenters. The van der Waals surface area contributed by atoms with Crippen LogP contribution in [0.1, 0.15) is 97.9 Å². The maximum Gasteiger partial charge on any atom is -1.00 e. The van der Waals surface area contributed by atoms with Gasteiger partial charge in [-0.15, -0.1) is 0 Å². The molecule has 0 amide bonds. The monoisotopic (exact) mass is 1350 g/mol. The molecule has 0 saturated carbocycles. The standard InChI is InChI=1S/4C13H13.2C7H8Si.2ClH.2Hf/c4*1-2-11-6-5-9-13(10-11)12-7-3-4-8-12;2*1-8-7-5-3-2-4-6-7;;;;/h4*3,5-7,9-10H,2,4H2,1H3;2*2-6H,1H3;2*1H;;/p-2. The summed E-state index contributed by atoms with van der Waals surface area (Å²) in [5.41, 5.74) is 16.3. The van der Waals surface area contributed by atoms with Crippen molar-refractivity contribution in [2.45, 2.75) is 92.2 Å². The molecule has 4 aliphatic rings. The van der Waals surface area contributed by atoms with E-state index in [-0.39, 0.29) is 24.8 Å². The van der Waals surface area contributed by atoms with E-state index in [1.165, 1.54) is 44.5 Å². The van der Waals surface area contributed by atoms with E-state index in [9.17, 15) is 0 Å². The summed E-state index contributed by atoms with van der Waals surface area (Å²) < 4.78 is 7.30. The van der Waals surface area contributed by atoms with E-state index < -0.39 is 51.1 Å². The molecule has 0 fully saturated rings. The minimum absolute atomic E-state index is 0. The van der Waals surface area contributed by atoms with Crippen LogP contribution < -0.4 is 35.2 Å². The third kappa shape index (κ3) is 12.7. The summed E-state index contributed by atoms with van der Waals surface area (Å²) in [4.78, 5) is 0. The summed E-state index contributed by atoms with van der Waals surface area (Å²) >= 11 is -4.88. The maximum atomic E-state index is 2.62. The number of benzene rings is 6. The number of aryl methyl sites for hydroxylation is 4.